The summed E-state index contributed by atoms with van der Waals surface area (Å²) in [6.45, 7) is 2.32. The lowest BCUT2D eigenvalue weighted by Crippen LogP contribution is -2.47. The molecule has 194 valence electrons. The molecule has 0 saturated carbocycles. The molecule has 1 amide bonds. The van der Waals surface area contributed by atoms with Crippen LogP contribution in [0.3, 0.4) is 0 Å². The summed E-state index contributed by atoms with van der Waals surface area (Å²) in [5.74, 6) is -10.2. The number of hydrogen-bond donors (Lipinski definition) is 2. The molecule has 0 radical (unpaired) electrons. The van der Waals surface area contributed by atoms with E-state index in [9.17, 15) is 26.7 Å². The van der Waals surface area contributed by atoms with Crippen LogP contribution in [0.25, 0.3) is 0 Å². The predicted octanol–water partition coefficient (Wildman–Crippen LogP) is 5.80. The Hall–Kier alpha value is -3.44. The number of carbonyl (C=O) groups excluding carboxylic acids is 1. The van der Waals surface area contributed by atoms with Crippen molar-refractivity contribution in [3.8, 4) is 0 Å². The number of aryl methyl sites for hydroxylation is 1. The summed E-state index contributed by atoms with van der Waals surface area (Å²) in [5.41, 5.74) is 1.58. The van der Waals surface area contributed by atoms with Gasteiger partial charge in [0, 0.05) is 37.4 Å². The van der Waals surface area contributed by atoms with E-state index in [1.807, 2.05) is 17.9 Å². The van der Waals surface area contributed by atoms with Gasteiger partial charge in [-0.05, 0) is 49.5 Å². The van der Waals surface area contributed by atoms with Gasteiger partial charge in [0.2, 0.25) is 5.82 Å². The highest BCUT2D eigenvalue weighted by Gasteiger charge is 2.31. The Labute approximate surface area is 219 Å². The van der Waals surface area contributed by atoms with Crippen LogP contribution in [0.2, 0.25) is 5.02 Å². The van der Waals surface area contributed by atoms with Crippen molar-refractivity contribution in [1.29, 1.82) is 0 Å². The standard InChI is InChI=1S/C25H20ClF5N4OS/c1-13-3-2-4-14(11-13)24(36)33-25(37)32-15-5-6-17(16(26)12-15)34-7-9-35(10-8-34)23-21(30)19(28)18(27)20(29)22(23)31/h2-6,11-12H,7-10H2,1H3,(H2,32,33,36,37). The SMILES string of the molecule is Cc1cccc(C(=O)NC(=S)Nc2ccc(N3CCN(c4c(F)c(F)c(F)c(F)c4F)CC3)c(Cl)c2)c1. The van der Waals surface area contributed by atoms with Gasteiger partial charge in [0.25, 0.3) is 5.91 Å². The Morgan fingerprint density at radius 3 is 2.05 bits per heavy atom. The predicted molar refractivity (Wildman–Crippen MR) is 137 cm³/mol. The molecule has 1 saturated heterocycles. The molecule has 37 heavy (non-hydrogen) atoms. The monoisotopic (exact) mass is 554 g/mol. The smallest absolute Gasteiger partial charge is 0.257 e. The lowest BCUT2D eigenvalue weighted by molar-refractivity contribution is 0.0977. The van der Waals surface area contributed by atoms with Crippen LogP contribution in [0.15, 0.2) is 42.5 Å². The van der Waals surface area contributed by atoms with E-state index in [0.717, 1.165) is 10.5 Å². The van der Waals surface area contributed by atoms with E-state index in [1.165, 1.54) is 0 Å². The van der Waals surface area contributed by atoms with E-state index in [4.69, 9.17) is 23.8 Å². The van der Waals surface area contributed by atoms with E-state index in [0.29, 0.717) is 22.0 Å². The maximum Gasteiger partial charge on any atom is 0.257 e. The van der Waals surface area contributed by atoms with E-state index in [2.05, 4.69) is 10.6 Å². The van der Waals surface area contributed by atoms with Crippen molar-refractivity contribution in [3.63, 3.8) is 0 Å². The summed E-state index contributed by atoms with van der Waals surface area (Å²) in [5, 5.41) is 5.89. The third kappa shape index (κ3) is 5.62. The largest absolute Gasteiger partial charge is 0.367 e. The average Bonchev–Trinajstić information content (AvgIpc) is 2.87. The summed E-state index contributed by atoms with van der Waals surface area (Å²) >= 11 is 11.7. The molecule has 4 rings (SSSR count). The first-order valence-electron chi connectivity index (χ1n) is 11.1. The number of rotatable bonds is 4. The molecule has 0 aromatic heterocycles. The minimum atomic E-state index is -2.19. The number of benzene rings is 3. The Morgan fingerprint density at radius 2 is 1.46 bits per heavy atom. The van der Waals surface area contributed by atoms with E-state index < -0.39 is 34.8 Å². The van der Waals surface area contributed by atoms with Gasteiger partial charge < -0.3 is 15.1 Å². The average molecular weight is 555 g/mol. The molecule has 3 aromatic carbocycles. The van der Waals surface area contributed by atoms with Gasteiger partial charge in [0.15, 0.2) is 28.4 Å². The van der Waals surface area contributed by atoms with Crippen LogP contribution in [0, 0.1) is 36.0 Å². The van der Waals surface area contributed by atoms with E-state index >= 15 is 0 Å². The van der Waals surface area contributed by atoms with Gasteiger partial charge in [0.05, 0.1) is 10.7 Å². The molecule has 1 heterocycles. The lowest BCUT2D eigenvalue weighted by Gasteiger charge is -2.38. The molecule has 12 heteroatoms. The first-order valence-corrected chi connectivity index (χ1v) is 11.8. The lowest BCUT2D eigenvalue weighted by atomic mass is 10.1. The Morgan fingerprint density at radius 1 is 0.865 bits per heavy atom. The van der Waals surface area contributed by atoms with Gasteiger partial charge in [-0.15, -0.1) is 0 Å². The van der Waals surface area contributed by atoms with Crippen LogP contribution in [0.1, 0.15) is 15.9 Å². The molecule has 5 nitrogen and oxygen atoms in total. The zero-order valence-electron chi connectivity index (χ0n) is 19.3. The summed E-state index contributed by atoms with van der Waals surface area (Å²) in [4.78, 5) is 15.3. The van der Waals surface area contributed by atoms with Crippen molar-refractivity contribution in [1.82, 2.24) is 5.32 Å². The van der Waals surface area contributed by atoms with Crippen molar-refractivity contribution in [3.05, 3.63) is 87.7 Å². The molecule has 0 spiro atoms. The summed E-state index contributed by atoms with van der Waals surface area (Å²) in [6, 6.07) is 12.0. The van der Waals surface area contributed by atoms with Crippen molar-refractivity contribution >= 4 is 51.9 Å². The highest BCUT2D eigenvalue weighted by Crippen LogP contribution is 2.33. The first-order chi connectivity index (χ1) is 17.6. The molecule has 1 aliphatic heterocycles. The Bertz CT molecular complexity index is 1350. The molecule has 0 unspecified atom stereocenters. The van der Waals surface area contributed by atoms with Crippen molar-refractivity contribution in [2.75, 3.05) is 41.3 Å². The zero-order valence-corrected chi connectivity index (χ0v) is 20.9. The molecule has 2 N–H and O–H groups in total. The van der Waals surface area contributed by atoms with Crippen molar-refractivity contribution in [2.45, 2.75) is 6.92 Å². The summed E-state index contributed by atoms with van der Waals surface area (Å²) in [7, 11) is 0. The Balaban J connectivity index is 1.39. The molecule has 1 fully saturated rings. The Kier molecular flexibility index (Phi) is 7.84. The van der Waals surface area contributed by atoms with Gasteiger partial charge in [-0.2, -0.15) is 0 Å². The molecular weight excluding hydrogens is 535 g/mol. The number of carbonyl (C=O) groups is 1. The maximum absolute atomic E-state index is 14.2. The maximum atomic E-state index is 14.2. The van der Waals surface area contributed by atoms with Crippen molar-refractivity contribution < 1.29 is 26.7 Å². The molecular formula is C25H20ClF5N4OS. The highest BCUT2D eigenvalue weighted by molar-refractivity contribution is 7.80. The number of hydrogen-bond acceptors (Lipinski definition) is 4. The normalized spacial score (nSPS) is 13.5. The molecule has 0 bridgehead atoms. The third-order valence-electron chi connectivity index (χ3n) is 5.84. The van der Waals surface area contributed by atoms with Gasteiger partial charge in [0.1, 0.15) is 5.69 Å². The molecule has 0 atom stereocenters. The third-order valence-corrected chi connectivity index (χ3v) is 6.34. The second kappa shape index (κ2) is 10.9. The molecule has 1 aliphatic rings. The minimum absolute atomic E-state index is 0.00373. The van der Waals surface area contributed by atoms with Crippen LogP contribution in [0.5, 0.6) is 0 Å². The quantitative estimate of drug-likeness (QED) is 0.185. The summed E-state index contributed by atoms with van der Waals surface area (Å²) < 4.78 is 68.9. The topological polar surface area (TPSA) is 47.6 Å². The fraction of sp³-hybridized carbons (Fsp3) is 0.200. The number of anilines is 3. The molecule has 3 aromatic rings. The van der Waals surface area contributed by atoms with Crippen molar-refractivity contribution in [2.24, 2.45) is 0 Å². The highest BCUT2D eigenvalue weighted by atomic mass is 35.5. The van der Waals surface area contributed by atoms with Gasteiger partial charge >= 0.3 is 0 Å². The van der Waals surface area contributed by atoms with E-state index in [-0.39, 0.29) is 37.2 Å². The first kappa shape index (κ1) is 26.6. The number of nitrogens with zero attached hydrogens (tertiary/aromatic N) is 2. The summed E-state index contributed by atoms with van der Waals surface area (Å²) in [6.07, 6.45) is 0. The van der Waals surface area contributed by atoms with Crippen LogP contribution >= 0.6 is 23.8 Å². The number of thiocarbonyl (C=S) groups is 1. The number of amides is 1. The fourth-order valence-corrected chi connectivity index (χ4v) is 4.52. The number of halogens is 6. The van der Waals surface area contributed by atoms with Crippen LogP contribution in [-0.2, 0) is 0 Å². The minimum Gasteiger partial charge on any atom is -0.367 e. The number of piperazine rings is 1. The van der Waals surface area contributed by atoms with Gasteiger partial charge in [-0.1, -0.05) is 29.3 Å². The van der Waals surface area contributed by atoms with E-state index in [1.54, 1.807) is 36.4 Å². The molecule has 0 aliphatic carbocycles. The van der Waals surface area contributed by atoms with Gasteiger partial charge in [-0.25, -0.2) is 22.0 Å². The van der Waals surface area contributed by atoms with Crippen LogP contribution < -0.4 is 20.4 Å². The van der Waals surface area contributed by atoms with Crippen LogP contribution in [-0.4, -0.2) is 37.2 Å². The fourth-order valence-electron chi connectivity index (χ4n) is 4.01. The zero-order chi connectivity index (χ0) is 26.9. The second-order valence-corrected chi connectivity index (χ2v) is 9.15. The van der Waals surface area contributed by atoms with Crippen LogP contribution in [0.4, 0.5) is 39.0 Å². The second-order valence-electron chi connectivity index (χ2n) is 8.34. The van der Waals surface area contributed by atoms with Gasteiger partial charge in [-0.3, -0.25) is 10.1 Å². The number of nitrogens with one attached hydrogen (secondary N) is 2.